The minimum atomic E-state index is -0.0763. The number of aromatic nitrogens is 3. The van der Waals surface area contributed by atoms with Crippen LogP contribution in [0.3, 0.4) is 0 Å². The molecule has 0 aliphatic carbocycles. The summed E-state index contributed by atoms with van der Waals surface area (Å²) in [7, 11) is 0. The van der Waals surface area contributed by atoms with Crippen LogP contribution in [0.15, 0.2) is 40.9 Å². The zero-order chi connectivity index (χ0) is 20.7. The molecule has 4 heterocycles. The summed E-state index contributed by atoms with van der Waals surface area (Å²) in [6.45, 7) is 6.76. The number of carbonyl (C=O) groups excluding carboxylic acids is 1. The van der Waals surface area contributed by atoms with Crippen molar-refractivity contribution in [3.8, 4) is 0 Å². The Labute approximate surface area is 175 Å². The van der Waals surface area contributed by atoms with Crippen LogP contribution in [-0.2, 0) is 4.74 Å². The minimum Gasteiger partial charge on any atom is -0.425 e. The standard InChI is InChI=1S/C23H26N4O3/c1-15(2)20-25-26-21(30-20)18-13-27(14-23(18)7-10-29-11-8-23)22(28)17-5-6-19-16(12-17)4-3-9-24-19/h3-6,9,12,15,18H,7-8,10-11,13-14H2,1-2H3. The Bertz CT molecular complexity index is 1070. The van der Waals surface area contributed by atoms with Crippen LogP contribution in [0, 0.1) is 5.41 Å². The third-order valence-corrected chi connectivity index (χ3v) is 6.52. The summed E-state index contributed by atoms with van der Waals surface area (Å²) in [5, 5.41) is 9.59. The third kappa shape index (κ3) is 3.27. The van der Waals surface area contributed by atoms with Crippen molar-refractivity contribution >= 4 is 16.8 Å². The van der Waals surface area contributed by atoms with Crippen LogP contribution in [-0.4, -0.2) is 52.3 Å². The summed E-state index contributed by atoms with van der Waals surface area (Å²) >= 11 is 0. The van der Waals surface area contributed by atoms with Gasteiger partial charge in [-0.3, -0.25) is 9.78 Å². The zero-order valence-electron chi connectivity index (χ0n) is 17.4. The maximum atomic E-state index is 13.4. The highest BCUT2D eigenvalue weighted by molar-refractivity contribution is 5.98. The molecule has 5 rings (SSSR count). The van der Waals surface area contributed by atoms with Gasteiger partial charge in [0.15, 0.2) is 0 Å². The second-order valence-electron chi connectivity index (χ2n) is 8.76. The lowest BCUT2D eigenvalue weighted by Gasteiger charge is -2.36. The lowest BCUT2D eigenvalue weighted by molar-refractivity contribution is 0.00888. The van der Waals surface area contributed by atoms with E-state index in [9.17, 15) is 4.79 Å². The third-order valence-electron chi connectivity index (χ3n) is 6.52. The number of fused-ring (bicyclic) bond motifs is 1. The van der Waals surface area contributed by atoms with Gasteiger partial charge in [0.25, 0.3) is 5.91 Å². The number of hydrogen-bond acceptors (Lipinski definition) is 6. The summed E-state index contributed by atoms with van der Waals surface area (Å²) in [6.07, 6.45) is 3.55. The lowest BCUT2D eigenvalue weighted by Crippen LogP contribution is -2.37. The Morgan fingerprint density at radius 1 is 1.20 bits per heavy atom. The fraction of sp³-hybridized carbons (Fsp3) is 0.478. The number of nitrogens with zero attached hydrogens (tertiary/aromatic N) is 4. The normalized spacial score (nSPS) is 21.0. The van der Waals surface area contributed by atoms with Crippen LogP contribution in [0.1, 0.15) is 60.7 Å². The molecule has 30 heavy (non-hydrogen) atoms. The van der Waals surface area contributed by atoms with E-state index >= 15 is 0 Å². The van der Waals surface area contributed by atoms with Gasteiger partial charge in [0.2, 0.25) is 11.8 Å². The summed E-state index contributed by atoms with van der Waals surface area (Å²) < 4.78 is 11.7. The number of likely N-dealkylation sites (tertiary alicyclic amines) is 1. The molecule has 2 aliphatic rings. The molecule has 3 aromatic rings. The van der Waals surface area contributed by atoms with E-state index in [0.29, 0.717) is 43.6 Å². The van der Waals surface area contributed by atoms with E-state index in [-0.39, 0.29) is 23.2 Å². The van der Waals surface area contributed by atoms with Gasteiger partial charge in [-0.15, -0.1) is 10.2 Å². The molecule has 2 saturated heterocycles. The number of ether oxygens (including phenoxy) is 1. The predicted molar refractivity (Wildman–Crippen MR) is 111 cm³/mol. The highest BCUT2D eigenvalue weighted by atomic mass is 16.5. The molecule has 2 aliphatic heterocycles. The Morgan fingerprint density at radius 2 is 2.03 bits per heavy atom. The fourth-order valence-corrected chi connectivity index (χ4v) is 4.76. The van der Waals surface area contributed by atoms with Crippen LogP contribution < -0.4 is 0 Å². The topological polar surface area (TPSA) is 81.4 Å². The molecule has 1 unspecified atom stereocenters. The van der Waals surface area contributed by atoms with Gasteiger partial charge in [-0.2, -0.15) is 0 Å². The summed E-state index contributed by atoms with van der Waals surface area (Å²) in [5.41, 5.74) is 1.50. The largest absolute Gasteiger partial charge is 0.425 e. The molecule has 2 aromatic heterocycles. The van der Waals surface area contributed by atoms with E-state index in [1.54, 1.807) is 6.20 Å². The van der Waals surface area contributed by atoms with E-state index in [1.807, 2.05) is 49.1 Å². The highest BCUT2D eigenvalue weighted by Gasteiger charge is 2.51. The smallest absolute Gasteiger partial charge is 0.253 e. The summed E-state index contributed by atoms with van der Waals surface area (Å²) in [5.74, 6) is 1.56. The van der Waals surface area contributed by atoms with Crippen molar-refractivity contribution in [2.75, 3.05) is 26.3 Å². The van der Waals surface area contributed by atoms with Crippen molar-refractivity contribution in [1.29, 1.82) is 0 Å². The quantitative estimate of drug-likeness (QED) is 0.658. The van der Waals surface area contributed by atoms with Crippen LogP contribution >= 0.6 is 0 Å². The van der Waals surface area contributed by atoms with E-state index in [1.165, 1.54) is 0 Å². The molecule has 0 N–H and O–H groups in total. The van der Waals surface area contributed by atoms with E-state index in [2.05, 4.69) is 15.2 Å². The Hall–Kier alpha value is -2.80. The molecule has 1 aromatic carbocycles. The van der Waals surface area contributed by atoms with E-state index < -0.39 is 0 Å². The minimum absolute atomic E-state index is 0.0347. The summed E-state index contributed by atoms with van der Waals surface area (Å²) in [6, 6.07) is 9.58. The molecule has 156 valence electrons. The monoisotopic (exact) mass is 406 g/mol. The zero-order valence-corrected chi connectivity index (χ0v) is 17.4. The average Bonchev–Trinajstić information content (AvgIpc) is 3.39. The van der Waals surface area contributed by atoms with Crippen molar-refractivity contribution in [2.45, 2.75) is 38.5 Å². The molecular weight excluding hydrogens is 380 g/mol. The molecule has 1 atom stereocenters. The SMILES string of the molecule is CC(C)c1nnc(C2CN(C(=O)c3ccc4ncccc4c3)CC23CCOCC3)o1. The highest BCUT2D eigenvalue weighted by Crippen LogP contribution is 2.49. The fourth-order valence-electron chi connectivity index (χ4n) is 4.76. The molecular formula is C23H26N4O3. The Morgan fingerprint density at radius 3 is 2.80 bits per heavy atom. The van der Waals surface area contributed by atoms with Crippen LogP contribution in [0.2, 0.25) is 0 Å². The van der Waals surface area contributed by atoms with Crippen molar-refractivity contribution in [3.05, 3.63) is 53.9 Å². The van der Waals surface area contributed by atoms with Gasteiger partial charge < -0.3 is 14.1 Å². The van der Waals surface area contributed by atoms with Gasteiger partial charge in [-0.25, -0.2) is 0 Å². The molecule has 0 bridgehead atoms. The molecule has 7 nitrogen and oxygen atoms in total. The van der Waals surface area contributed by atoms with Gasteiger partial charge in [-0.05, 0) is 37.1 Å². The van der Waals surface area contributed by atoms with Crippen molar-refractivity contribution in [3.63, 3.8) is 0 Å². The Balaban J connectivity index is 1.46. The number of carbonyl (C=O) groups is 1. The predicted octanol–water partition coefficient (Wildman–Crippen LogP) is 3.78. The number of hydrogen-bond donors (Lipinski definition) is 0. The number of amides is 1. The van der Waals surface area contributed by atoms with Crippen molar-refractivity contribution < 1.29 is 13.9 Å². The van der Waals surface area contributed by atoms with Gasteiger partial charge in [-0.1, -0.05) is 19.9 Å². The second kappa shape index (κ2) is 7.47. The van der Waals surface area contributed by atoms with Gasteiger partial charge >= 0.3 is 0 Å². The van der Waals surface area contributed by atoms with Crippen molar-refractivity contribution in [1.82, 2.24) is 20.1 Å². The number of pyridine rings is 1. The Kier molecular flexibility index (Phi) is 4.77. The first-order chi connectivity index (χ1) is 14.6. The first kappa shape index (κ1) is 19.2. The lowest BCUT2D eigenvalue weighted by atomic mass is 9.72. The number of benzene rings is 1. The van der Waals surface area contributed by atoms with Crippen LogP contribution in [0.4, 0.5) is 0 Å². The number of rotatable bonds is 3. The summed E-state index contributed by atoms with van der Waals surface area (Å²) in [4.78, 5) is 19.7. The first-order valence-electron chi connectivity index (χ1n) is 10.6. The van der Waals surface area contributed by atoms with E-state index in [4.69, 9.17) is 9.15 Å². The van der Waals surface area contributed by atoms with Gasteiger partial charge in [0, 0.05) is 54.8 Å². The molecule has 1 amide bonds. The molecule has 1 spiro atoms. The molecule has 0 radical (unpaired) electrons. The molecule has 2 fully saturated rings. The maximum Gasteiger partial charge on any atom is 0.253 e. The van der Waals surface area contributed by atoms with Crippen LogP contribution in [0.5, 0.6) is 0 Å². The average molecular weight is 406 g/mol. The van der Waals surface area contributed by atoms with Crippen molar-refractivity contribution in [2.24, 2.45) is 5.41 Å². The van der Waals surface area contributed by atoms with Gasteiger partial charge in [0.05, 0.1) is 11.4 Å². The second-order valence-corrected chi connectivity index (χ2v) is 8.76. The first-order valence-corrected chi connectivity index (χ1v) is 10.6. The maximum absolute atomic E-state index is 13.4. The van der Waals surface area contributed by atoms with Gasteiger partial charge in [0.1, 0.15) is 0 Å². The van der Waals surface area contributed by atoms with E-state index in [0.717, 1.165) is 23.7 Å². The van der Waals surface area contributed by atoms with Crippen LogP contribution in [0.25, 0.3) is 10.9 Å². The molecule has 0 saturated carbocycles. The molecule has 7 heteroatoms.